The number of ketones is 1. The van der Waals surface area contributed by atoms with Crippen LogP contribution >= 0.6 is 0 Å². The molecular formula is C27H32O14. The molecule has 224 valence electrons. The van der Waals surface area contributed by atoms with Gasteiger partial charge in [0.2, 0.25) is 5.78 Å². The van der Waals surface area contributed by atoms with Gasteiger partial charge in [-0.2, -0.15) is 0 Å². The molecule has 2 heterocycles. The molecule has 10 N–H and O–H groups in total. The third-order valence-electron chi connectivity index (χ3n) is 8.02. The van der Waals surface area contributed by atoms with E-state index in [2.05, 4.69) is 0 Å². The summed E-state index contributed by atoms with van der Waals surface area (Å²) in [6.45, 7) is 0.238. The van der Waals surface area contributed by atoms with E-state index < -0.39 is 108 Å². The van der Waals surface area contributed by atoms with Crippen molar-refractivity contribution < 1.29 is 70.1 Å². The quantitative estimate of drug-likeness (QED) is 0.170. The van der Waals surface area contributed by atoms with Crippen LogP contribution in [-0.4, -0.2) is 125 Å². The van der Waals surface area contributed by atoms with Gasteiger partial charge in [0.15, 0.2) is 6.29 Å². The Balaban J connectivity index is 1.60. The molecule has 2 aliphatic heterocycles. The van der Waals surface area contributed by atoms with Crippen molar-refractivity contribution in [2.45, 2.75) is 80.4 Å². The number of carbonyl (C=O) groups is 1. The Morgan fingerprint density at radius 1 is 0.829 bits per heavy atom. The van der Waals surface area contributed by atoms with Crippen molar-refractivity contribution in [3.05, 3.63) is 58.1 Å². The minimum Gasteiger partial charge on any atom is -0.507 e. The molecule has 2 aromatic rings. The van der Waals surface area contributed by atoms with E-state index in [1.165, 1.54) is 31.2 Å². The van der Waals surface area contributed by atoms with Crippen LogP contribution in [-0.2, 0) is 26.4 Å². The molecule has 2 fully saturated rings. The zero-order chi connectivity index (χ0) is 30.0. The highest BCUT2D eigenvalue weighted by atomic mass is 16.7. The van der Waals surface area contributed by atoms with Crippen LogP contribution in [0.1, 0.15) is 39.5 Å². The van der Waals surface area contributed by atoms with Crippen LogP contribution in [0.2, 0.25) is 0 Å². The molecule has 1 aliphatic carbocycles. The summed E-state index contributed by atoms with van der Waals surface area (Å²) in [6.07, 6.45) is -15.8. The number of fused-ring (bicyclic) bond motifs is 2. The summed E-state index contributed by atoms with van der Waals surface area (Å²) in [6, 6.07) is 6.13. The normalized spacial score (nSPS) is 38.8. The first-order chi connectivity index (χ1) is 19.3. The number of phenolic OH excluding ortho intramolecular Hbond substituents is 2. The van der Waals surface area contributed by atoms with E-state index in [0.717, 1.165) is 6.07 Å². The maximum Gasteiger partial charge on any atom is 0.201 e. The molecule has 0 saturated carbocycles. The maximum absolute atomic E-state index is 13.5. The highest BCUT2D eigenvalue weighted by Gasteiger charge is 2.58. The van der Waals surface area contributed by atoms with Gasteiger partial charge >= 0.3 is 0 Å². The largest absolute Gasteiger partial charge is 0.507 e. The van der Waals surface area contributed by atoms with Crippen molar-refractivity contribution in [2.75, 3.05) is 6.61 Å². The van der Waals surface area contributed by atoms with Gasteiger partial charge in [0.25, 0.3) is 0 Å². The summed E-state index contributed by atoms with van der Waals surface area (Å²) in [4.78, 5) is 13.5. The van der Waals surface area contributed by atoms with E-state index in [9.17, 15) is 55.9 Å². The molecular weight excluding hydrogens is 548 g/mol. The van der Waals surface area contributed by atoms with Crippen LogP contribution in [0.5, 0.6) is 11.5 Å². The molecule has 3 aliphatic rings. The first-order valence-electron chi connectivity index (χ1n) is 12.9. The molecule has 14 nitrogen and oxygen atoms in total. The smallest absolute Gasteiger partial charge is 0.201 e. The molecule has 0 amide bonds. The summed E-state index contributed by atoms with van der Waals surface area (Å²) >= 11 is 0. The lowest BCUT2D eigenvalue weighted by Gasteiger charge is -2.49. The predicted molar refractivity (Wildman–Crippen MR) is 134 cm³/mol. The maximum atomic E-state index is 13.5. The lowest BCUT2D eigenvalue weighted by molar-refractivity contribution is -0.296. The Morgan fingerprint density at radius 2 is 1.49 bits per heavy atom. The zero-order valence-corrected chi connectivity index (χ0v) is 21.7. The minimum absolute atomic E-state index is 0.115. The fourth-order valence-electron chi connectivity index (χ4n) is 5.76. The van der Waals surface area contributed by atoms with Crippen molar-refractivity contribution in [3.8, 4) is 11.5 Å². The fraction of sp³-hybridized carbons (Fsp3) is 0.519. The monoisotopic (exact) mass is 580 g/mol. The minimum atomic E-state index is -2.55. The Bertz CT molecular complexity index is 1320. The molecule has 0 radical (unpaired) electrons. The van der Waals surface area contributed by atoms with Crippen LogP contribution in [0.3, 0.4) is 0 Å². The first-order valence-corrected chi connectivity index (χ1v) is 12.9. The third kappa shape index (κ3) is 4.61. The van der Waals surface area contributed by atoms with Gasteiger partial charge in [-0.3, -0.25) is 4.79 Å². The molecule has 0 unspecified atom stereocenters. The highest BCUT2D eigenvalue weighted by Crippen LogP contribution is 2.50. The Labute approximate surface area is 232 Å². The number of carbonyl (C=O) groups excluding carboxylic acids is 1. The van der Waals surface area contributed by atoms with Crippen LogP contribution in [0, 0.1) is 0 Å². The van der Waals surface area contributed by atoms with Gasteiger partial charge in [0, 0.05) is 11.1 Å². The second-order valence-corrected chi connectivity index (χ2v) is 10.6. The number of rotatable bonds is 5. The summed E-state index contributed by atoms with van der Waals surface area (Å²) in [5.41, 5.74) is -3.84. The van der Waals surface area contributed by atoms with Crippen LogP contribution in [0.25, 0.3) is 0 Å². The Morgan fingerprint density at radius 3 is 2.17 bits per heavy atom. The van der Waals surface area contributed by atoms with Gasteiger partial charge in [0.1, 0.15) is 65.9 Å². The Kier molecular flexibility index (Phi) is 7.86. The van der Waals surface area contributed by atoms with Crippen molar-refractivity contribution >= 4 is 5.78 Å². The number of hydrogen-bond donors (Lipinski definition) is 10. The molecule has 0 bridgehead atoms. The molecule has 5 rings (SSSR count). The summed E-state index contributed by atoms with van der Waals surface area (Å²) in [7, 11) is 0. The van der Waals surface area contributed by atoms with Gasteiger partial charge in [-0.05, 0) is 30.7 Å². The fourth-order valence-corrected chi connectivity index (χ4v) is 5.76. The standard InChI is InChI=1S/C27H32O14/c1-9-18(31)21(34)24(37)26(40-9)39-8-10-5-12-17(14(30)6-10)20(33)16-11(3-2-4-13(16)29)27(12,38)25-23(36)22(35)19(32)15(7-28)41-25/h2-6,9,15,18-19,21-26,28-32,34-38H,7-8H2,1H3/t9-,15+,18-,19+,21+,22-,23+,24+,25+,26+,27-/m0/s1. The first kappa shape index (κ1) is 29.8. The van der Waals surface area contributed by atoms with E-state index in [1.807, 2.05) is 0 Å². The molecule has 11 atom stereocenters. The van der Waals surface area contributed by atoms with Gasteiger partial charge < -0.3 is 65.3 Å². The second-order valence-electron chi connectivity index (χ2n) is 10.6. The third-order valence-corrected chi connectivity index (χ3v) is 8.02. The topological polar surface area (TPSA) is 247 Å². The second kappa shape index (κ2) is 10.8. The van der Waals surface area contributed by atoms with Gasteiger partial charge in [-0.1, -0.05) is 12.1 Å². The van der Waals surface area contributed by atoms with Crippen LogP contribution < -0.4 is 0 Å². The van der Waals surface area contributed by atoms with E-state index in [4.69, 9.17) is 14.2 Å². The number of aromatic hydroxyl groups is 2. The molecule has 2 aromatic carbocycles. The van der Waals surface area contributed by atoms with Gasteiger partial charge in [0.05, 0.1) is 30.4 Å². The SMILES string of the molecule is C[C@@H]1O[C@@H](OCc2cc(O)c3c(c2)[C@](O)([C@@H]2O[C@H](CO)[C@@H](O)[C@H](O)[C@H]2O)c2cccc(O)c2C3=O)[C@H](O)[C@H](O)[C@H]1O. The number of benzene rings is 2. The van der Waals surface area contributed by atoms with Crippen molar-refractivity contribution in [3.63, 3.8) is 0 Å². The number of hydrogen-bond acceptors (Lipinski definition) is 14. The molecule has 0 spiro atoms. The lowest BCUT2D eigenvalue weighted by atomic mass is 9.68. The van der Waals surface area contributed by atoms with Crippen LogP contribution in [0.15, 0.2) is 30.3 Å². The Hall–Kier alpha value is -2.73. The van der Waals surface area contributed by atoms with Crippen molar-refractivity contribution in [1.29, 1.82) is 0 Å². The molecule has 0 aromatic heterocycles. The zero-order valence-electron chi connectivity index (χ0n) is 21.7. The van der Waals surface area contributed by atoms with Crippen molar-refractivity contribution in [1.82, 2.24) is 0 Å². The summed E-state index contributed by atoms with van der Waals surface area (Å²) < 4.78 is 16.7. The number of phenols is 2. The van der Waals surface area contributed by atoms with E-state index in [1.54, 1.807) is 0 Å². The molecule has 41 heavy (non-hydrogen) atoms. The average Bonchev–Trinajstić information content (AvgIpc) is 2.94. The van der Waals surface area contributed by atoms with Crippen LogP contribution in [0.4, 0.5) is 0 Å². The molecule has 2 saturated heterocycles. The predicted octanol–water partition coefficient (Wildman–Crippen LogP) is -2.94. The number of ether oxygens (including phenoxy) is 3. The van der Waals surface area contributed by atoms with Gasteiger partial charge in [-0.15, -0.1) is 0 Å². The van der Waals surface area contributed by atoms with Crippen molar-refractivity contribution in [2.24, 2.45) is 0 Å². The highest BCUT2D eigenvalue weighted by molar-refractivity contribution is 6.16. The number of aliphatic hydroxyl groups is 8. The summed E-state index contributed by atoms with van der Waals surface area (Å²) in [5.74, 6) is -2.08. The lowest BCUT2D eigenvalue weighted by Crippen LogP contribution is -2.65. The average molecular weight is 581 g/mol. The summed E-state index contributed by atoms with van der Waals surface area (Å²) in [5, 5.41) is 106. The number of aliphatic hydroxyl groups excluding tert-OH is 7. The van der Waals surface area contributed by atoms with E-state index in [-0.39, 0.29) is 16.7 Å². The molecule has 14 heteroatoms. The van der Waals surface area contributed by atoms with Gasteiger partial charge in [-0.25, -0.2) is 0 Å². The van der Waals surface area contributed by atoms with E-state index >= 15 is 0 Å². The van der Waals surface area contributed by atoms with E-state index in [0.29, 0.717) is 0 Å².